The van der Waals surface area contributed by atoms with Gasteiger partial charge in [0.2, 0.25) is 5.88 Å². The summed E-state index contributed by atoms with van der Waals surface area (Å²) in [7, 11) is 0. The molecule has 16 heavy (non-hydrogen) atoms. The number of hydrogen-bond acceptors (Lipinski definition) is 6. The van der Waals surface area contributed by atoms with E-state index in [2.05, 4.69) is 10.3 Å². The number of aromatic nitrogens is 1. The second-order valence-corrected chi connectivity index (χ2v) is 3.24. The van der Waals surface area contributed by atoms with Crippen LogP contribution in [0, 0.1) is 0 Å². The highest BCUT2D eigenvalue weighted by Crippen LogP contribution is 2.20. The maximum Gasteiger partial charge on any atom is 0.239 e. The molecule has 0 aliphatic carbocycles. The number of hydrogen-bond donors (Lipinski definition) is 4. The van der Waals surface area contributed by atoms with Gasteiger partial charge in [0.15, 0.2) is 0 Å². The van der Waals surface area contributed by atoms with Crippen LogP contribution in [0.2, 0.25) is 0 Å². The minimum Gasteiger partial charge on any atom is -0.476 e. The molecule has 6 nitrogen and oxygen atoms in total. The van der Waals surface area contributed by atoms with Crippen molar-refractivity contribution in [1.82, 2.24) is 4.98 Å². The van der Waals surface area contributed by atoms with Crippen LogP contribution in [0.15, 0.2) is 12.1 Å². The van der Waals surface area contributed by atoms with E-state index in [0.717, 1.165) is 0 Å². The van der Waals surface area contributed by atoms with E-state index in [9.17, 15) is 0 Å². The lowest BCUT2D eigenvalue weighted by Gasteiger charge is -2.11. The summed E-state index contributed by atoms with van der Waals surface area (Å²) < 4.78 is 5.22. The molecule has 0 bridgehead atoms. The molecular weight excluding hydrogens is 210 g/mol. The van der Waals surface area contributed by atoms with Crippen LogP contribution in [0.25, 0.3) is 0 Å². The number of ether oxygens (including phenoxy) is 1. The van der Waals surface area contributed by atoms with Crippen molar-refractivity contribution in [3.63, 3.8) is 0 Å². The highest BCUT2D eigenvalue weighted by molar-refractivity contribution is 5.53. The molecule has 90 valence electrons. The summed E-state index contributed by atoms with van der Waals surface area (Å²) in [6.07, 6.45) is -0.810. The normalized spacial score (nSPS) is 12.2. The van der Waals surface area contributed by atoms with E-state index >= 15 is 0 Å². The minimum atomic E-state index is -0.810. The molecule has 1 heterocycles. The van der Waals surface area contributed by atoms with E-state index in [0.29, 0.717) is 24.0 Å². The van der Waals surface area contributed by atoms with Crippen LogP contribution >= 0.6 is 0 Å². The standard InChI is InChI=1S/C10H17N3O3/c1-2-16-10-8(11)3-4-9(13-10)12-5-7(15)6-14/h3-4,7,14-15H,2,5-6,11H2,1H3,(H,12,13). The largest absolute Gasteiger partial charge is 0.476 e. The van der Waals surface area contributed by atoms with Crippen LogP contribution in [0.3, 0.4) is 0 Å². The van der Waals surface area contributed by atoms with Crippen LogP contribution in [0.5, 0.6) is 5.88 Å². The molecule has 1 atom stereocenters. The molecule has 0 radical (unpaired) electrons. The van der Waals surface area contributed by atoms with E-state index < -0.39 is 6.10 Å². The minimum absolute atomic E-state index is 0.221. The van der Waals surface area contributed by atoms with Crippen LogP contribution < -0.4 is 15.8 Å². The molecule has 0 saturated carbocycles. The van der Waals surface area contributed by atoms with Gasteiger partial charge in [0, 0.05) is 6.54 Å². The first-order valence-electron chi connectivity index (χ1n) is 5.09. The lowest BCUT2D eigenvalue weighted by molar-refractivity contribution is 0.105. The summed E-state index contributed by atoms with van der Waals surface area (Å²) >= 11 is 0. The smallest absolute Gasteiger partial charge is 0.239 e. The van der Waals surface area contributed by atoms with Gasteiger partial charge < -0.3 is 26.0 Å². The maximum atomic E-state index is 9.15. The van der Waals surface area contributed by atoms with Crippen molar-refractivity contribution in [3.05, 3.63) is 12.1 Å². The Bertz CT molecular complexity index is 333. The van der Waals surface area contributed by atoms with Gasteiger partial charge in [0.1, 0.15) is 5.82 Å². The van der Waals surface area contributed by atoms with Crippen LogP contribution in [0.4, 0.5) is 11.5 Å². The SMILES string of the molecule is CCOc1nc(NCC(O)CO)ccc1N. The first-order valence-corrected chi connectivity index (χ1v) is 5.09. The first kappa shape index (κ1) is 12.5. The Morgan fingerprint density at radius 2 is 2.31 bits per heavy atom. The van der Waals surface area contributed by atoms with Crippen molar-refractivity contribution in [2.45, 2.75) is 13.0 Å². The van der Waals surface area contributed by atoms with Gasteiger partial charge in [-0.3, -0.25) is 0 Å². The van der Waals surface area contributed by atoms with Gasteiger partial charge in [0.05, 0.1) is 25.0 Å². The summed E-state index contributed by atoms with van der Waals surface area (Å²) in [5.41, 5.74) is 6.12. The Morgan fingerprint density at radius 3 is 2.94 bits per heavy atom. The zero-order chi connectivity index (χ0) is 12.0. The molecule has 1 unspecified atom stereocenters. The lowest BCUT2D eigenvalue weighted by atomic mass is 10.3. The van der Waals surface area contributed by atoms with Crippen molar-refractivity contribution in [2.24, 2.45) is 0 Å². The zero-order valence-corrected chi connectivity index (χ0v) is 9.18. The number of nitrogens with one attached hydrogen (secondary N) is 1. The summed E-state index contributed by atoms with van der Waals surface area (Å²) in [5.74, 6) is 0.913. The van der Waals surface area contributed by atoms with Crippen LogP contribution in [0.1, 0.15) is 6.92 Å². The van der Waals surface area contributed by atoms with E-state index in [1.165, 1.54) is 0 Å². The lowest BCUT2D eigenvalue weighted by Crippen LogP contribution is -2.23. The van der Waals surface area contributed by atoms with E-state index in [4.69, 9.17) is 20.7 Å². The fraction of sp³-hybridized carbons (Fsp3) is 0.500. The van der Waals surface area contributed by atoms with Gasteiger partial charge in [-0.1, -0.05) is 0 Å². The molecule has 1 rings (SSSR count). The molecule has 0 aromatic carbocycles. The first-order chi connectivity index (χ1) is 7.67. The number of aliphatic hydroxyl groups excluding tert-OH is 2. The number of nitrogens with two attached hydrogens (primary N) is 1. The van der Waals surface area contributed by atoms with E-state index in [1.54, 1.807) is 12.1 Å². The average molecular weight is 227 g/mol. The third-order valence-corrected chi connectivity index (χ3v) is 1.90. The molecule has 1 aromatic heterocycles. The van der Waals surface area contributed by atoms with Crippen molar-refractivity contribution >= 4 is 11.5 Å². The molecule has 1 aromatic rings. The van der Waals surface area contributed by atoms with Crippen molar-refractivity contribution in [1.29, 1.82) is 0 Å². The number of nitrogens with zero attached hydrogens (tertiary/aromatic N) is 1. The fourth-order valence-electron chi connectivity index (χ4n) is 1.09. The van der Waals surface area contributed by atoms with Gasteiger partial charge >= 0.3 is 0 Å². The molecular formula is C10H17N3O3. The topological polar surface area (TPSA) is 101 Å². The average Bonchev–Trinajstić information content (AvgIpc) is 2.30. The number of rotatable bonds is 6. The van der Waals surface area contributed by atoms with E-state index in [1.807, 2.05) is 6.92 Å². The van der Waals surface area contributed by atoms with Gasteiger partial charge in [0.25, 0.3) is 0 Å². The fourth-order valence-corrected chi connectivity index (χ4v) is 1.09. The summed E-state index contributed by atoms with van der Waals surface area (Å²) in [5, 5.41) is 20.7. The predicted octanol–water partition coefficient (Wildman–Crippen LogP) is -0.172. The third kappa shape index (κ3) is 3.56. The molecule has 0 aliphatic heterocycles. The Hall–Kier alpha value is -1.53. The second-order valence-electron chi connectivity index (χ2n) is 3.24. The van der Waals surface area contributed by atoms with Crippen molar-refractivity contribution in [2.75, 3.05) is 30.8 Å². The molecule has 0 fully saturated rings. The second kappa shape index (κ2) is 6.14. The molecule has 5 N–H and O–H groups in total. The summed E-state index contributed by atoms with van der Waals surface area (Å²) in [6.45, 7) is 2.26. The molecule has 0 saturated heterocycles. The van der Waals surface area contributed by atoms with Crippen LogP contribution in [-0.4, -0.2) is 41.1 Å². The van der Waals surface area contributed by atoms with Crippen molar-refractivity contribution in [3.8, 4) is 5.88 Å². The van der Waals surface area contributed by atoms with E-state index in [-0.39, 0.29) is 13.2 Å². The monoisotopic (exact) mass is 227 g/mol. The van der Waals surface area contributed by atoms with Gasteiger partial charge in [-0.05, 0) is 19.1 Å². The Balaban J connectivity index is 2.63. The van der Waals surface area contributed by atoms with Gasteiger partial charge in [-0.25, -0.2) is 0 Å². The molecule has 6 heteroatoms. The molecule has 0 spiro atoms. The predicted molar refractivity (Wildman–Crippen MR) is 61.4 cm³/mol. The maximum absolute atomic E-state index is 9.15. The zero-order valence-electron chi connectivity index (χ0n) is 9.18. The number of pyridine rings is 1. The number of anilines is 2. The Kier molecular flexibility index (Phi) is 4.81. The summed E-state index contributed by atoms with van der Waals surface area (Å²) in [4.78, 5) is 4.12. The van der Waals surface area contributed by atoms with Gasteiger partial charge in [-0.2, -0.15) is 4.98 Å². The Morgan fingerprint density at radius 1 is 1.56 bits per heavy atom. The highest BCUT2D eigenvalue weighted by atomic mass is 16.5. The Labute approximate surface area is 94.1 Å². The number of nitrogen functional groups attached to an aromatic ring is 1. The molecule has 0 amide bonds. The van der Waals surface area contributed by atoms with Crippen LogP contribution in [-0.2, 0) is 0 Å². The number of aliphatic hydroxyl groups is 2. The van der Waals surface area contributed by atoms with Crippen molar-refractivity contribution < 1.29 is 14.9 Å². The molecule has 0 aliphatic rings. The third-order valence-electron chi connectivity index (χ3n) is 1.90. The highest BCUT2D eigenvalue weighted by Gasteiger charge is 2.05. The quantitative estimate of drug-likeness (QED) is 0.538. The van der Waals surface area contributed by atoms with Gasteiger partial charge in [-0.15, -0.1) is 0 Å². The summed E-state index contributed by atoms with van der Waals surface area (Å²) in [6, 6.07) is 3.35.